The van der Waals surface area contributed by atoms with Crippen molar-refractivity contribution in [1.82, 2.24) is 0 Å². The van der Waals surface area contributed by atoms with Crippen LogP contribution in [0.25, 0.3) is 0 Å². The molecule has 0 heterocycles. The number of carbonyl (C=O) groups excluding carboxylic acids is 1. The molecule has 0 unspecified atom stereocenters. The van der Waals surface area contributed by atoms with Crippen LogP contribution in [0.3, 0.4) is 0 Å². The number of unbranched alkanes of at least 4 members (excludes halogenated alkanes) is 1. The molecule has 0 aromatic rings. The molecule has 0 atom stereocenters. The quantitative estimate of drug-likeness (QED) is 0.610. The summed E-state index contributed by atoms with van der Waals surface area (Å²) in [6.45, 7) is 5.84. The molecule has 0 aromatic heterocycles. The van der Waals surface area contributed by atoms with Gasteiger partial charge in [-0.1, -0.05) is 40.0 Å². The molecule has 126 valence electrons. The number of hydrogen-bond donors (Lipinski definition) is 0. The van der Waals surface area contributed by atoms with Crippen molar-refractivity contribution in [2.75, 3.05) is 23.0 Å². The fraction of sp³-hybridized carbons (Fsp3) is 0.933. The molecule has 0 radical (unpaired) electrons. The lowest BCUT2D eigenvalue weighted by Crippen LogP contribution is -2.27. The first kappa shape index (κ1) is 19.0. The molecule has 1 fully saturated rings. The molecule has 1 aliphatic rings. The van der Waals surface area contributed by atoms with E-state index in [1.807, 2.05) is 20.8 Å². The second-order valence-electron chi connectivity index (χ2n) is 5.82. The largest absolute Gasteiger partial charge is 0.298 e. The molecule has 0 saturated heterocycles. The summed E-state index contributed by atoms with van der Waals surface area (Å²) in [6, 6.07) is 0. The van der Waals surface area contributed by atoms with Gasteiger partial charge >= 0.3 is 0 Å². The molecular weight excluding hydrogens is 308 g/mol. The van der Waals surface area contributed by atoms with Gasteiger partial charge in [0.25, 0.3) is 10.1 Å². The zero-order chi connectivity index (χ0) is 15.9. The van der Waals surface area contributed by atoms with E-state index in [9.17, 15) is 13.2 Å². The zero-order valence-electron chi connectivity index (χ0n) is 13.6. The van der Waals surface area contributed by atoms with Crippen molar-refractivity contribution in [2.24, 2.45) is 5.92 Å². The molecule has 6 heteroatoms. The van der Waals surface area contributed by atoms with Gasteiger partial charge in [0.15, 0.2) is 0 Å². The fourth-order valence-electron chi connectivity index (χ4n) is 2.73. The first-order valence-corrected chi connectivity index (χ1v) is 11.7. The molecule has 1 rings (SSSR count). The van der Waals surface area contributed by atoms with Gasteiger partial charge in [0, 0.05) is 5.92 Å². The van der Waals surface area contributed by atoms with Crippen molar-refractivity contribution in [1.29, 1.82) is 0 Å². The summed E-state index contributed by atoms with van der Waals surface area (Å²) < 4.78 is 29.8. The Morgan fingerprint density at radius 3 is 2.14 bits per heavy atom. The van der Waals surface area contributed by atoms with E-state index >= 15 is 0 Å². The summed E-state index contributed by atoms with van der Waals surface area (Å²) in [5.41, 5.74) is 0. The van der Waals surface area contributed by atoms with E-state index in [1.54, 1.807) is 0 Å². The highest BCUT2D eigenvalue weighted by Crippen LogP contribution is 2.51. The predicted molar refractivity (Wildman–Crippen MR) is 90.3 cm³/mol. The van der Waals surface area contributed by atoms with Crippen LogP contribution in [0.15, 0.2) is 0 Å². The van der Waals surface area contributed by atoms with Gasteiger partial charge in [-0.05, 0) is 30.8 Å². The van der Waals surface area contributed by atoms with Crippen molar-refractivity contribution >= 4 is 26.2 Å². The summed E-state index contributed by atoms with van der Waals surface area (Å²) in [5.74, 6) is 2.00. The predicted octanol–water partition coefficient (Wildman–Crippen LogP) is 3.65. The van der Waals surface area contributed by atoms with Gasteiger partial charge in [0.2, 0.25) is 0 Å². The Kier molecular flexibility index (Phi) is 7.71. The number of carbonyl (C=O) groups is 1. The SMILES string of the molecule is CCCCS(=O)(=O)OS(CC)(CC)CC(=O)C1CCCC1. The lowest BCUT2D eigenvalue weighted by atomic mass is 10.0. The third-order valence-electron chi connectivity index (χ3n) is 4.26. The van der Waals surface area contributed by atoms with Gasteiger partial charge in [-0.2, -0.15) is 8.42 Å². The van der Waals surface area contributed by atoms with E-state index in [1.165, 1.54) is 0 Å². The second-order valence-corrected chi connectivity index (χ2v) is 11.3. The van der Waals surface area contributed by atoms with Crippen LogP contribution in [0.2, 0.25) is 0 Å². The molecule has 0 aliphatic heterocycles. The second kappa shape index (κ2) is 8.53. The minimum absolute atomic E-state index is 0.0653. The normalized spacial score (nSPS) is 18.0. The number of Topliss-reactive ketones (excluding diaryl/α,β-unsaturated/α-hetero) is 1. The van der Waals surface area contributed by atoms with Crippen molar-refractivity contribution in [3.8, 4) is 0 Å². The van der Waals surface area contributed by atoms with Gasteiger partial charge < -0.3 is 0 Å². The summed E-state index contributed by atoms with van der Waals surface area (Å²) >= 11 is 0. The minimum Gasteiger partial charge on any atom is -0.298 e. The van der Waals surface area contributed by atoms with Gasteiger partial charge in [-0.3, -0.25) is 4.79 Å². The van der Waals surface area contributed by atoms with E-state index in [4.69, 9.17) is 3.63 Å². The molecule has 1 aliphatic carbocycles. The highest BCUT2D eigenvalue weighted by molar-refractivity contribution is 8.33. The Morgan fingerprint density at radius 1 is 1.10 bits per heavy atom. The first-order chi connectivity index (χ1) is 9.88. The number of hydrogen-bond acceptors (Lipinski definition) is 4. The lowest BCUT2D eigenvalue weighted by molar-refractivity contribution is -0.120. The molecule has 0 bridgehead atoms. The maximum Gasteiger partial charge on any atom is 0.276 e. The summed E-state index contributed by atoms with van der Waals surface area (Å²) in [6.07, 6.45) is 5.60. The highest BCUT2D eigenvalue weighted by Gasteiger charge is 2.33. The Balaban J connectivity index is 2.74. The number of ketones is 1. The van der Waals surface area contributed by atoms with Crippen molar-refractivity contribution in [2.45, 2.75) is 59.3 Å². The van der Waals surface area contributed by atoms with Crippen LogP contribution in [-0.4, -0.2) is 37.2 Å². The summed E-state index contributed by atoms with van der Waals surface area (Å²) in [5, 5.41) is 0. The maximum atomic E-state index is 12.4. The molecular formula is C15H30O4S2. The summed E-state index contributed by atoms with van der Waals surface area (Å²) in [7, 11) is -5.34. The monoisotopic (exact) mass is 338 g/mol. The van der Waals surface area contributed by atoms with E-state index in [2.05, 4.69) is 0 Å². The Labute approximate surface area is 131 Å². The number of rotatable bonds is 10. The van der Waals surface area contributed by atoms with E-state index in [0.29, 0.717) is 23.7 Å². The van der Waals surface area contributed by atoms with Gasteiger partial charge in [-0.25, -0.2) is 3.63 Å². The van der Waals surface area contributed by atoms with Crippen LogP contribution in [0.1, 0.15) is 59.3 Å². The third kappa shape index (κ3) is 5.91. The Morgan fingerprint density at radius 2 is 1.67 bits per heavy atom. The summed E-state index contributed by atoms with van der Waals surface area (Å²) in [4.78, 5) is 12.4. The van der Waals surface area contributed by atoms with Crippen LogP contribution in [0.4, 0.5) is 0 Å². The molecule has 0 N–H and O–H groups in total. The third-order valence-corrected chi connectivity index (χ3v) is 9.95. The van der Waals surface area contributed by atoms with Crippen LogP contribution in [0, 0.1) is 5.92 Å². The van der Waals surface area contributed by atoms with E-state index in [0.717, 1.165) is 32.1 Å². The smallest absolute Gasteiger partial charge is 0.276 e. The van der Waals surface area contributed by atoms with Crippen LogP contribution >= 0.6 is 10.3 Å². The van der Waals surface area contributed by atoms with E-state index < -0.39 is 20.4 Å². The van der Waals surface area contributed by atoms with Gasteiger partial charge in [-0.15, -0.1) is 10.3 Å². The molecule has 0 aromatic carbocycles. The van der Waals surface area contributed by atoms with E-state index in [-0.39, 0.29) is 17.5 Å². The average Bonchev–Trinajstić information content (AvgIpc) is 2.98. The fourth-order valence-corrected chi connectivity index (χ4v) is 7.94. The van der Waals surface area contributed by atoms with Crippen molar-refractivity contribution < 1.29 is 16.8 Å². The van der Waals surface area contributed by atoms with Gasteiger partial charge in [0.05, 0.1) is 11.5 Å². The minimum atomic E-state index is -3.51. The maximum absolute atomic E-state index is 12.4. The van der Waals surface area contributed by atoms with Gasteiger partial charge in [0.1, 0.15) is 5.78 Å². The Bertz CT molecular complexity index is 421. The van der Waals surface area contributed by atoms with Crippen molar-refractivity contribution in [3.05, 3.63) is 0 Å². The molecule has 0 spiro atoms. The van der Waals surface area contributed by atoms with Crippen LogP contribution in [0.5, 0.6) is 0 Å². The highest BCUT2D eigenvalue weighted by atomic mass is 32.3. The average molecular weight is 339 g/mol. The molecule has 21 heavy (non-hydrogen) atoms. The topological polar surface area (TPSA) is 60.4 Å². The standard InChI is InChI=1S/C15H30O4S2/c1-4-7-12-21(17,18)19-20(5-2,6-3)13-15(16)14-10-8-9-11-14/h14H,4-13H2,1-3H3. The van der Waals surface area contributed by atoms with Crippen LogP contribution in [-0.2, 0) is 18.5 Å². The zero-order valence-corrected chi connectivity index (χ0v) is 15.2. The first-order valence-electron chi connectivity index (χ1n) is 8.11. The lowest BCUT2D eigenvalue weighted by Gasteiger charge is -2.36. The molecule has 0 amide bonds. The molecule has 4 nitrogen and oxygen atoms in total. The molecule has 1 saturated carbocycles. The van der Waals surface area contributed by atoms with Crippen molar-refractivity contribution in [3.63, 3.8) is 0 Å². The Hall–Kier alpha value is -0.0700. The van der Waals surface area contributed by atoms with Crippen LogP contribution < -0.4 is 0 Å².